The van der Waals surface area contributed by atoms with Gasteiger partial charge in [0.25, 0.3) is 0 Å². The van der Waals surface area contributed by atoms with Crippen molar-refractivity contribution in [3.05, 3.63) is 53.6 Å². The number of piperidine rings is 1. The van der Waals surface area contributed by atoms with E-state index in [0.717, 1.165) is 24.0 Å². The van der Waals surface area contributed by atoms with E-state index in [2.05, 4.69) is 60.5 Å². The lowest BCUT2D eigenvalue weighted by atomic mass is 9.93. The van der Waals surface area contributed by atoms with Gasteiger partial charge in [0.1, 0.15) is 0 Å². The van der Waals surface area contributed by atoms with Crippen LogP contribution in [0, 0.1) is 0 Å². The van der Waals surface area contributed by atoms with Crippen molar-refractivity contribution in [1.29, 1.82) is 0 Å². The zero-order valence-electron chi connectivity index (χ0n) is 12.3. The van der Waals surface area contributed by atoms with Crippen molar-refractivity contribution in [1.82, 2.24) is 4.90 Å². The van der Waals surface area contributed by atoms with Gasteiger partial charge < -0.3 is 0 Å². The molecule has 2 fully saturated rings. The maximum Gasteiger partial charge on any atom is 0.162 e. The molecule has 0 amide bonds. The molecule has 2 aromatic carbocycles. The molecule has 4 rings (SSSR count). The maximum absolute atomic E-state index is 12.4. The van der Waals surface area contributed by atoms with Crippen LogP contribution in [0.2, 0.25) is 0 Å². The van der Waals surface area contributed by atoms with E-state index in [9.17, 15) is 4.79 Å². The van der Waals surface area contributed by atoms with Gasteiger partial charge in [0.15, 0.2) is 5.78 Å². The molecule has 2 heteroatoms. The number of benzene rings is 2. The van der Waals surface area contributed by atoms with Crippen molar-refractivity contribution in [2.24, 2.45) is 0 Å². The molecule has 2 aliphatic heterocycles. The number of ketones is 1. The molecule has 0 saturated carbocycles. The third kappa shape index (κ3) is 2.11. The van der Waals surface area contributed by atoms with Crippen molar-refractivity contribution in [3.8, 4) is 0 Å². The van der Waals surface area contributed by atoms with Crippen LogP contribution in [0.4, 0.5) is 0 Å². The fourth-order valence-corrected chi connectivity index (χ4v) is 3.80. The Kier molecular flexibility index (Phi) is 2.93. The number of hydrogen-bond acceptors (Lipinski definition) is 2. The Morgan fingerprint density at radius 2 is 1.90 bits per heavy atom. The van der Waals surface area contributed by atoms with Gasteiger partial charge in [-0.05, 0) is 48.4 Å². The standard InChI is InChI=1S/C19H19NO/c1-20-16-8-9-18(20)17(19(21)12-16)11-13-6-7-14-4-2-3-5-15(14)10-13/h2-7,10-11,16,18H,8-9,12H2,1H3/b17-11+. The molecule has 0 N–H and O–H groups in total. The van der Waals surface area contributed by atoms with E-state index in [4.69, 9.17) is 0 Å². The number of Topliss-reactive ketones (excluding diaryl/α,β-unsaturated/α-hetero) is 1. The summed E-state index contributed by atoms with van der Waals surface area (Å²) in [6.45, 7) is 0. The van der Waals surface area contributed by atoms with Crippen LogP contribution in [-0.2, 0) is 4.79 Å². The molecular formula is C19H19NO. The van der Waals surface area contributed by atoms with Crippen LogP contribution in [0.1, 0.15) is 24.8 Å². The van der Waals surface area contributed by atoms with E-state index in [0.29, 0.717) is 24.3 Å². The second-order valence-electron chi connectivity index (χ2n) is 6.25. The maximum atomic E-state index is 12.4. The number of fused-ring (bicyclic) bond motifs is 3. The minimum atomic E-state index is 0.322. The van der Waals surface area contributed by atoms with Crippen LogP contribution >= 0.6 is 0 Å². The Morgan fingerprint density at radius 1 is 1.10 bits per heavy atom. The Morgan fingerprint density at radius 3 is 2.76 bits per heavy atom. The van der Waals surface area contributed by atoms with E-state index < -0.39 is 0 Å². The minimum Gasteiger partial charge on any atom is -0.296 e. The summed E-state index contributed by atoms with van der Waals surface area (Å²) >= 11 is 0. The summed E-state index contributed by atoms with van der Waals surface area (Å²) in [6.07, 6.45) is 5.07. The molecule has 2 aliphatic rings. The van der Waals surface area contributed by atoms with Gasteiger partial charge in [-0.25, -0.2) is 0 Å². The molecule has 21 heavy (non-hydrogen) atoms. The lowest BCUT2D eigenvalue weighted by Crippen LogP contribution is -2.41. The van der Waals surface area contributed by atoms with Crippen molar-refractivity contribution in [2.45, 2.75) is 31.3 Å². The first-order valence-corrected chi connectivity index (χ1v) is 7.68. The van der Waals surface area contributed by atoms with E-state index in [1.54, 1.807) is 0 Å². The summed E-state index contributed by atoms with van der Waals surface area (Å²) in [7, 11) is 2.16. The summed E-state index contributed by atoms with van der Waals surface area (Å²) in [4.78, 5) is 14.8. The number of rotatable bonds is 1. The van der Waals surface area contributed by atoms with E-state index in [-0.39, 0.29) is 0 Å². The molecule has 2 bridgehead atoms. The van der Waals surface area contributed by atoms with Gasteiger partial charge in [-0.1, -0.05) is 36.4 Å². The second-order valence-corrected chi connectivity index (χ2v) is 6.25. The summed E-state index contributed by atoms with van der Waals surface area (Å²) < 4.78 is 0. The van der Waals surface area contributed by atoms with Crippen LogP contribution in [0.15, 0.2) is 48.0 Å². The van der Waals surface area contributed by atoms with E-state index in [1.165, 1.54) is 10.8 Å². The monoisotopic (exact) mass is 277 g/mol. The highest BCUT2D eigenvalue weighted by Gasteiger charge is 2.41. The van der Waals surface area contributed by atoms with Crippen molar-refractivity contribution in [2.75, 3.05) is 7.05 Å². The number of likely N-dealkylation sites (N-methyl/N-ethyl adjacent to an activating group) is 1. The fraction of sp³-hybridized carbons (Fsp3) is 0.316. The van der Waals surface area contributed by atoms with Crippen LogP contribution in [0.3, 0.4) is 0 Å². The molecular weight excluding hydrogens is 258 g/mol. The summed E-state index contributed by atoms with van der Waals surface area (Å²) in [5.74, 6) is 0.341. The van der Waals surface area contributed by atoms with Gasteiger partial charge in [-0.15, -0.1) is 0 Å². The van der Waals surface area contributed by atoms with Gasteiger partial charge in [-0.3, -0.25) is 9.69 Å². The van der Waals surface area contributed by atoms with Crippen molar-refractivity contribution >= 4 is 22.6 Å². The van der Waals surface area contributed by atoms with Crippen LogP contribution in [0.5, 0.6) is 0 Å². The molecule has 106 valence electrons. The molecule has 2 nitrogen and oxygen atoms in total. The van der Waals surface area contributed by atoms with Gasteiger partial charge in [-0.2, -0.15) is 0 Å². The molecule has 0 radical (unpaired) electrons. The molecule has 0 aromatic heterocycles. The largest absolute Gasteiger partial charge is 0.296 e. The summed E-state index contributed by atoms with van der Waals surface area (Å²) in [5, 5.41) is 2.47. The zero-order valence-corrected chi connectivity index (χ0v) is 12.3. The number of carbonyl (C=O) groups excluding carboxylic acids is 1. The highest BCUT2D eigenvalue weighted by Crippen LogP contribution is 2.36. The van der Waals surface area contributed by atoms with Crippen molar-refractivity contribution < 1.29 is 4.79 Å². The zero-order chi connectivity index (χ0) is 14.4. The van der Waals surface area contributed by atoms with Crippen LogP contribution in [-0.4, -0.2) is 29.8 Å². The second kappa shape index (κ2) is 4.81. The van der Waals surface area contributed by atoms with Gasteiger partial charge in [0.2, 0.25) is 0 Å². The minimum absolute atomic E-state index is 0.322. The highest BCUT2D eigenvalue weighted by atomic mass is 16.1. The first-order valence-electron chi connectivity index (χ1n) is 7.68. The molecule has 2 atom stereocenters. The lowest BCUT2D eigenvalue weighted by molar-refractivity contribution is -0.118. The van der Waals surface area contributed by atoms with Crippen LogP contribution in [0.25, 0.3) is 16.8 Å². The number of nitrogens with zero attached hydrogens (tertiary/aromatic N) is 1. The van der Waals surface area contributed by atoms with Crippen LogP contribution < -0.4 is 0 Å². The third-order valence-electron chi connectivity index (χ3n) is 5.04. The SMILES string of the molecule is CN1C2CCC1/C(=C\c1ccc3ccccc3c1)C(=O)C2. The fourth-order valence-electron chi connectivity index (χ4n) is 3.80. The molecule has 0 aliphatic carbocycles. The molecule has 0 spiro atoms. The summed E-state index contributed by atoms with van der Waals surface area (Å²) in [5.41, 5.74) is 2.14. The smallest absolute Gasteiger partial charge is 0.162 e. The summed E-state index contributed by atoms with van der Waals surface area (Å²) in [6, 6.07) is 15.6. The predicted octanol–water partition coefficient (Wildman–Crippen LogP) is 3.66. The average Bonchev–Trinajstić information content (AvgIpc) is 2.76. The van der Waals surface area contributed by atoms with E-state index in [1.807, 2.05) is 0 Å². The molecule has 2 heterocycles. The predicted molar refractivity (Wildman–Crippen MR) is 86.1 cm³/mol. The van der Waals surface area contributed by atoms with Gasteiger partial charge in [0, 0.05) is 24.1 Å². The normalized spacial score (nSPS) is 27.7. The number of carbonyl (C=O) groups is 1. The highest BCUT2D eigenvalue weighted by molar-refractivity contribution is 6.02. The third-order valence-corrected chi connectivity index (χ3v) is 5.04. The topological polar surface area (TPSA) is 20.3 Å². The first kappa shape index (κ1) is 12.8. The Bertz CT molecular complexity index is 746. The number of hydrogen-bond donors (Lipinski definition) is 0. The van der Waals surface area contributed by atoms with E-state index >= 15 is 0 Å². The molecule has 2 saturated heterocycles. The quantitative estimate of drug-likeness (QED) is 0.741. The van der Waals surface area contributed by atoms with Crippen molar-refractivity contribution in [3.63, 3.8) is 0 Å². The van der Waals surface area contributed by atoms with Gasteiger partial charge >= 0.3 is 0 Å². The first-order chi connectivity index (χ1) is 10.2. The Balaban J connectivity index is 1.76. The lowest BCUT2D eigenvalue weighted by Gasteiger charge is -2.32. The molecule has 2 unspecified atom stereocenters. The Labute approximate surface area is 125 Å². The molecule has 2 aromatic rings. The average molecular weight is 277 g/mol. The van der Waals surface area contributed by atoms with Gasteiger partial charge in [0.05, 0.1) is 0 Å². The Hall–Kier alpha value is -1.93.